The molecule has 0 spiro atoms. The van der Waals surface area contributed by atoms with Crippen molar-refractivity contribution >= 4 is 28.9 Å². The van der Waals surface area contributed by atoms with Gasteiger partial charge in [0.2, 0.25) is 0 Å². The summed E-state index contributed by atoms with van der Waals surface area (Å²) < 4.78 is 5.14. The van der Waals surface area contributed by atoms with Crippen molar-refractivity contribution in [3.8, 4) is 5.75 Å². The number of ether oxygens (including phenoxy) is 1. The number of nitrogens with one attached hydrogen (secondary N) is 1. The first-order valence-corrected chi connectivity index (χ1v) is 7.17. The Morgan fingerprint density at radius 1 is 1.33 bits per heavy atom. The second-order valence-corrected chi connectivity index (χ2v) is 5.25. The molecule has 1 aliphatic heterocycles. The summed E-state index contributed by atoms with van der Waals surface area (Å²) >= 11 is 11.0. The predicted octanol–water partition coefficient (Wildman–Crippen LogP) is 2.11. The van der Waals surface area contributed by atoms with Gasteiger partial charge in [-0.2, -0.15) is 0 Å². The molecule has 0 amide bonds. The van der Waals surface area contributed by atoms with E-state index in [1.165, 1.54) is 5.56 Å². The minimum absolute atomic E-state index is 0.187. The highest BCUT2D eigenvalue weighted by molar-refractivity contribution is 7.80. The molecular formula is C14H17ClN4OS. The van der Waals surface area contributed by atoms with Gasteiger partial charge < -0.3 is 15.4 Å². The third-order valence-corrected chi connectivity index (χ3v) is 3.37. The molecule has 0 unspecified atom stereocenters. The summed E-state index contributed by atoms with van der Waals surface area (Å²) in [5.74, 6) is 0.856. The molecule has 7 heteroatoms. The van der Waals surface area contributed by atoms with Crippen LogP contribution in [0, 0.1) is 0 Å². The number of hydrogen-bond donors (Lipinski definition) is 2. The van der Waals surface area contributed by atoms with E-state index in [-0.39, 0.29) is 5.11 Å². The average molecular weight is 325 g/mol. The first-order chi connectivity index (χ1) is 10.1. The van der Waals surface area contributed by atoms with Crippen molar-refractivity contribution in [2.75, 3.05) is 13.7 Å². The van der Waals surface area contributed by atoms with Crippen LogP contribution in [0.3, 0.4) is 0 Å². The Kier molecular flexibility index (Phi) is 5.30. The Balaban J connectivity index is 1.89. The number of thiocarbonyl (C=S) groups is 1. The van der Waals surface area contributed by atoms with Crippen molar-refractivity contribution in [2.24, 2.45) is 5.73 Å². The lowest BCUT2D eigenvalue weighted by molar-refractivity contribution is 0.387. The fourth-order valence-electron chi connectivity index (χ4n) is 1.88. The van der Waals surface area contributed by atoms with Crippen molar-refractivity contribution in [1.82, 2.24) is 15.3 Å². The van der Waals surface area contributed by atoms with Crippen LogP contribution in [0.15, 0.2) is 48.0 Å². The van der Waals surface area contributed by atoms with Gasteiger partial charge in [0.15, 0.2) is 5.11 Å². The Bertz CT molecular complexity index is 559. The fraction of sp³-hybridized carbons (Fsp3) is 0.214. The molecule has 1 aromatic rings. The van der Waals surface area contributed by atoms with E-state index in [1.54, 1.807) is 24.5 Å². The van der Waals surface area contributed by atoms with Gasteiger partial charge in [0.25, 0.3) is 0 Å². The predicted molar refractivity (Wildman–Crippen MR) is 88.2 cm³/mol. The van der Waals surface area contributed by atoms with Crippen LogP contribution in [-0.4, -0.2) is 28.7 Å². The van der Waals surface area contributed by atoms with Crippen LogP contribution in [0.25, 0.3) is 0 Å². The van der Waals surface area contributed by atoms with Gasteiger partial charge in [-0.1, -0.05) is 23.7 Å². The number of methoxy groups -OCH3 is 1. The summed E-state index contributed by atoms with van der Waals surface area (Å²) in [7, 11) is 1.66. The summed E-state index contributed by atoms with van der Waals surface area (Å²) in [6.45, 7) is 0.777. The van der Waals surface area contributed by atoms with E-state index in [2.05, 4.69) is 5.43 Å². The van der Waals surface area contributed by atoms with Crippen molar-refractivity contribution in [1.29, 1.82) is 0 Å². The largest absolute Gasteiger partial charge is 0.497 e. The van der Waals surface area contributed by atoms with Gasteiger partial charge in [0, 0.05) is 18.9 Å². The number of nitrogens with zero attached hydrogens (tertiary/aromatic N) is 2. The zero-order valence-electron chi connectivity index (χ0n) is 11.6. The molecule has 3 N–H and O–H groups in total. The summed E-state index contributed by atoms with van der Waals surface area (Å²) in [4.78, 5) is 1.95. The molecule has 0 aliphatic carbocycles. The smallest absolute Gasteiger partial charge is 0.183 e. The van der Waals surface area contributed by atoms with E-state index in [0.29, 0.717) is 5.16 Å². The van der Waals surface area contributed by atoms with E-state index in [0.717, 1.165) is 18.7 Å². The van der Waals surface area contributed by atoms with Crippen LogP contribution in [0.4, 0.5) is 0 Å². The van der Waals surface area contributed by atoms with Crippen LogP contribution in [0.5, 0.6) is 5.75 Å². The molecule has 1 aliphatic rings. The Morgan fingerprint density at radius 3 is 2.62 bits per heavy atom. The molecule has 5 nitrogen and oxygen atoms in total. The quantitative estimate of drug-likeness (QED) is 0.639. The third kappa shape index (κ3) is 4.54. The minimum atomic E-state index is 0.187. The highest BCUT2D eigenvalue weighted by Gasteiger charge is 2.11. The molecule has 2 rings (SSSR count). The van der Waals surface area contributed by atoms with Gasteiger partial charge in [-0.25, -0.2) is 0 Å². The molecule has 0 saturated carbocycles. The molecule has 0 aromatic heterocycles. The zero-order chi connectivity index (χ0) is 15.2. The fourth-order valence-corrected chi connectivity index (χ4v) is 2.23. The highest BCUT2D eigenvalue weighted by Crippen LogP contribution is 2.18. The van der Waals surface area contributed by atoms with Gasteiger partial charge >= 0.3 is 0 Å². The second-order valence-electron chi connectivity index (χ2n) is 4.42. The maximum absolute atomic E-state index is 6.22. The minimum Gasteiger partial charge on any atom is -0.497 e. The molecule has 21 heavy (non-hydrogen) atoms. The Hall–Kier alpha value is -1.92. The van der Waals surface area contributed by atoms with E-state index in [9.17, 15) is 0 Å². The summed E-state index contributed by atoms with van der Waals surface area (Å²) in [6, 6.07) is 8.00. The van der Waals surface area contributed by atoms with E-state index in [1.807, 2.05) is 35.4 Å². The number of nitrogens with two attached hydrogens (primary N) is 1. The summed E-state index contributed by atoms with van der Waals surface area (Å²) in [5.41, 5.74) is 9.40. The second kappa shape index (κ2) is 7.19. The molecule has 0 radical (unpaired) electrons. The maximum Gasteiger partial charge on any atom is 0.183 e. The van der Waals surface area contributed by atoms with Crippen molar-refractivity contribution in [2.45, 2.75) is 6.42 Å². The molecule has 0 saturated heterocycles. The SMILES string of the molecule is COc1ccc(CCN2C=CN(NC(N)=S)C=C2Cl)cc1. The zero-order valence-corrected chi connectivity index (χ0v) is 13.2. The van der Waals surface area contributed by atoms with E-state index < -0.39 is 0 Å². The molecule has 1 aromatic carbocycles. The monoisotopic (exact) mass is 324 g/mol. The van der Waals surface area contributed by atoms with Gasteiger partial charge in [-0.05, 0) is 36.3 Å². The van der Waals surface area contributed by atoms with E-state index >= 15 is 0 Å². The van der Waals surface area contributed by atoms with Gasteiger partial charge in [-0.3, -0.25) is 10.4 Å². The van der Waals surface area contributed by atoms with Gasteiger partial charge in [0.05, 0.1) is 13.3 Å². The number of benzene rings is 1. The maximum atomic E-state index is 6.22. The van der Waals surface area contributed by atoms with Crippen LogP contribution in [-0.2, 0) is 6.42 Å². The van der Waals surface area contributed by atoms with Crippen molar-refractivity contribution in [3.63, 3.8) is 0 Å². The molecular weight excluding hydrogens is 308 g/mol. The summed E-state index contributed by atoms with van der Waals surface area (Å²) in [6.07, 6.45) is 6.27. The highest BCUT2D eigenvalue weighted by atomic mass is 35.5. The first kappa shape index (κ1) is 15.5. The third-order valence-electron chi connectivity index (χ3n) is 2.97. The number of hydrogen-bond acceptors (Lipinski definition) is 4. The van der Waals surface area contributed by atoms with Crippen LogP contribution >= 0.6 is 23.8 Å². The average Bonchev–Trinajstić information content (AvgIpc) is 2.46. The summed E-state index contributed by atoms with van der Waals surface area (Å²) in [5, 5.41) is 2.40. The van der Waals surface area contributed by atoms with Gasteiger partial charge in [-0.15, -0.1) is 0 Å². The molecule has 112 valence electrons. The number of hydrazine groups is 1. The molecule has 1 heterocycles. The van der Waals surface area contributed by atoms with E-state index in [4.69, 9.17) is 34.3 Å². The van der Waals surface area contributed by atoms with Crippen LogP contribution in [0.1, 0.15) is 5.56 Å². The lowest BCUT2D eigenvalue weighted by atomic mass is 10.1. The molecule has 0 fully saturated rings. The topological polar surface area (TPSA) is 53.8 Å². The lowest BCUT2D eigenvalue weighted by Gasteiger charge is -2.28. The lowest BCUT2D eigenvalue weighted by Crippen LogP contribution is -2.40. The first-order valence-electron chi connectivity index (χ1n) is 6.38. The Morgan fingerprint density at radius 2 is 2.05 bits per heavy atom. The molecule has 0 bridgehead atoms. The van der Waals surface area contributed by atoms with Crippen LogP contribution < -0.4 is 15.9 Å². The van der Waals surface area contributed by atoms with Gasteiger partial charge in [0.1, 0.15) is 10.9 Å². The van der Waals surface area contributed by atoms with Crippen molar-refractivity contribution < 1.29 is 4.74 Å². The number of rotatable bonds is 5. The standard InChI is InChI=1S/C14H17ClN4OS/c1-20-12-4-2-11(3-5-12)6-7-18-8-9-19(10-13(18)15)17-14(16)21/h2-5,8-10H,6-7H2,1H3,(H3,16,17,21). The Labute approximate surface area is 134 Å². The number of halogens is 1. The van der Waals surface area contributed by atoms with Crippen LogP contribution in [0.2, 0.25) is 0 Å². The van der Waals surface area contributed by atoms with Crippen molar-refractivity contribution in [3.05, 3.63) is 53.6 Å². The molecule has 0 atom stereocenters. The normalized spacial score (nSPS) is 13.9.